The van der Waals surface area contributed by atoms with Gasteiger partial charge < -0.3 is 10.1 Å². The molecule has 2 heterocycles. The molecule has 7 rings (SSSR count). The zero-order valence-electron chi connectivity index (χ0n) is 18.7. The minimum Gasteiger partial charge on any atom is -0.477 e. The molecule has 0 amide bonds. The molecule has 1 aliphatic carbocycles. The number of aromatic carboxylic acids is 1. The van der Waals surface area contributed by atoms with Gasteiger partial charge in [-0.2, -0.15) is 0 Å². The van der Waals surface area contributed by atoms with E-state index in [1.807, 2.05) is 24.3 Å². The van der Waals surface area contributed by atoms with E-state index in [1.165, 1.54) is 47.2 Å². The number of para-hydroxylation sites is 1. The predicted molar refractivity (Wildman–Crippen MR) is 139 cm³/mol. The molecule has 0 atom stereocenters. The number of hydrogen-bond donors (Lipinski definition) is 2. The number of carboxylic acids is 1. The molecule has 0 saturated carbocycles. The molecule has 0 unspecified atom stereocenters. The highest BCUT2D eigenvalue weighted by Crippen LogP contribution is 2.33. The van der Waals surface area contributed by atoms with Crippen molar-refractivity contribution >= 4 is 49.3 Å². The fraction of sp³-hybridized carbons (Fsp3) is 0.133. The van der Waals surface area contributed by atoms with Gasteiger partial charge in [0, 0.05) is 16.3 Å². The molecule has 0 spiro atoms. The molecule has 2 N–H and O–H groups in total. The Labute approximate surface area is 196 Å². The van der Waals surface area contributed by atoms with Crippen LogP contribution >= 0.6 is 0 Å². The van der Waals surface area contributed by atoms with Gasteiger partial charge in [-0.3, -0.25) is 0 Å². The Hall–Kier alpha value is -4.18. The van der Waals surface area contributed by atoms with Crippen LogP contribution in [0.25, 0.3) is 43.4 Å². The molecule has 2 aromatic heterocycles. The summed E-state index contributed by atoms with van der Waals surface area (Å²) in [4.78, 5) is 17.9. The van der Waals surface area contributed by atoms with Crippen LogP contribution in [0, 0.1) is 0 Å². The van der Waals surface area contributed by atoms with Gasteiger partial charge >= 0.3 is 5.97 Å². The number of rotatable bonds is 1. The van der Waals surface area contributed by atoms with Crippen LogP contribution in [0.4, 0.5) is 0 Å². The second-order valence-electron chi connectivity index (χ2n) is 8.88. The SMILES string of the molecule is O=C(O)c1cc2c(cn1)[nH]c1ccccc12.c1ccc2c(c1)ccc1c3c(ccc12)CCCC3. The van der Waals surface area contributed by atoms with Gasteiger partial charge in [0.2, 0.25) is 0 Å². The maximum Gasteiger partial charge on any atom is 0.354 e. The third-order valence-corrected chi connectivity index (χ3v) is 6.87. The lowest BCUT2D eigenvalue weighted by atomic mass is 9.86. The Kier molecular flexibility index (Phi) is 4.99. The van der Waals surface area contributed by atoms with E-state index >= 15 is 0 Å². The smallest absolute Gasteiger partial charge is 0.354 e. The second-order valence-corrected chi connectivity index (χ2v) is 8.88. The first-order valence-electron chi connectivity index (χ1n) is 11.7. The lowest BCUT2D eigenvalue weighted by Crippen LogP contribution is -2.02. The first-order valence-corrected chi connectivity index (χ1v) is 11.7. The van der Waals surface area contributed by atoms with Crippen molar-refractivity contribution in [2.24, 2.45) is 0 Å². The van der Waals surface area contributed by atoms with Crippen LogP contribution in [0.2, 0.25) is 0 Å². The van der Waals surface area contributed by atoms with Gasteiger partial charge in [-0.25, -0.2) is 9.78 Å². The highest BCUT2D eigenvalue weighted by atomic mass is 16.4. The van der Waals surface area contributed by atoms with Gasteiger partial charge in [-0.15, -0.1) is 0 Å². The quantitative estimate of drug-likeness (QED) is 0.262. The summed E-state index contributed by atoms with van der Waals surface area (Å²) in [6, 6.07) is 27.3. The molecule has 4 nitrogen and oxygen atoms in total. The predicted octanol–water partition coefficient (Wildman–Crippen LogP) is 7.29. The first-order chi connectivity index (χ1) is 16.7. The van der Waals surface area contributed by atoms with E-state index in [0.717, 1.165) is 21.8 Å². The van der Waals surface area contributed by atoms with Crippen molar-refractivity contribution in [3.8, 4) is 0 Å². The van der Waals surface area contributed by atoms with Crippen LogP contribution in [0.3, 0.4) is 0 Å². The van der Waals surface area contributed by atoms with Crippen molar-refractivity contribution in [3.05, 3.63) is 102 Å². The molecule has 0 saturated heterocycles. The fourth-order valence-corrected chi connectivity index (χ4v) is 5.21. The highest BCUT2D eigenvalue weighted by molar-refractivity contribution is 6.09. The minimum atomic E-state index is -1.01. The normalized spacial score (nSPS) is 13.1. The number of H-pyrrole nitrogens is 1. The van der Waals surface area contributed by atoms with Crippen LogP contribution < -0.4 is 0 Å². The summed E-state index contributed by atoms with van der Waals surface area (Å²) in [7, 11) is 0. The maximum absolute atomic E-state index is 10.8. The molecule has 1 aliphatic rings. The summed E-state index contributed by atoms with van der Waals surface area (Å²) in [5.74, 6) is -1.01. The molecule has 4 aromatic carbocycles. The number of fused-ring (bicyclic) bond motifs is 8. The van der Waals surface area contributed by atoms with Crippen LogP contribution in [0.15, 0.2) is 85.1 Å². The van der Waals surface area contributed by atoms with Gasteiger partial charge in [0.15, 0.2) is 0 Å². The van der Waals surface area contributed by atoms with Crippen LogP contribution in [0.1, 0.15) is 34.5 Å². The summed E-state index contributed by atoms with van der Waals surface area (Å²) in [5.41, 5.74) is 5.08. The van der Waals surface area contributed by atoms with Gasteiger partial charge in [0.25, 0.3) is 0 Å². The van der Waals surface area contributed by atoms with Gasteiger partial charge in [0.1, 0.15) is 5.69 Å². The molecule has 4 heteroatoms. The van der Waals surface area contributed by atoms with E-state index in [0.29, 0.717) is 0 Å². The summed E-state index contributed by atoms with van der Waals surface area (Å²) in [5, 5.41) is 16.4. The lowest BCUT2D eigenvalue weighted by molar-refractivity contribution is 0.0690. The zero-order valence-corrected chi connectivity index (χ0v) is 18.7. The zero-order chi connectivity index (χ0) is 23.1. The van der Waals surface area contributed by atoms with E-state index in [1.54, 1.807) is 23.4 Å². The van der Waals surface area contributed by atoms with Gasteiger partial charge in [-0.1, -0.05) is 66.7 Å². The van der Waals surface area contributed by atoms with Crippen molar-refractivity contribution in [1.82, 2.24) is 9.97 Å². The monoisotopic (exact) mass is 444 g/mol. The van der Waals surface area contributed by atoms with E-state index in [9.17, 15) is 4.79 Å². The number of benzene rings is 4. The first kappa shape index (κ1) is 20.4. The molecule has 166 valence electrons. The van der Waals surface area contributed by atoms with E-state index < -0.39 is 5.97 Å². The Morgan fingerprint density at radius 2 is 1.50 bits per heavy atom. The molecule has 34 heavy (non-hydrogen) atoms. The molecule has 0 aliphatic heterocycles. The number of nitrogens with zero attached hydrogens (tertiary/aromatic N) is 1. The molecular formula is C30H24N2O2. The van der Waals surface area contributed by atoms with Crippen LogP contribution in [-0.4, -0.2) is 21.0 Å². The number of pyridine rings is 1. The third-order valence-electron chi connectivity index (χ3n) is 6.87. The van der Waals surface area contributed by atoms with E-state index in [-0.39, 0.29) is 5.69 Å². The Morgan fingerprint density at radius 1 is 0.735 bits per heavy atom. The average molecular weight is 445 g/mol. The van der Waals surface area contributed by atoms with E-state index in [2.05, 4.69) is 58.5 Å². The van der Waals surface area contributed by atoms with Crippen LogP contribution in [-0.2, 0) is 12.8 Å². The number of carbonyl (C=O) groups is 1. The van der Waals surface area contributed by atoms with Crippen molar-refractivity contribution < 1.29 is 9.90 Å². The molecule has 0 fully saturated rings. The molecule has 0 radical (unpaired) electrons. The summed E-state index contributed by atoms with van der Waals surface area (Å²) in [6.07, 6.45) is 6.77. The highest BCUT2D eigenvalue weighted by Gasteiger charge is 2.13. The van der Waals surface area contributed by atoms with Crippen molar-refractivity contribution in [2.75, 3.05) is 0 Å². The summed E-state index contributed by atoms with van der Waals surface area (Å²) in [6.45, 7) is 0. The number of aromatic amines is 1. The Morgan fingerprint density at radius 3 is 2.38 bits per heavy atom. The number of nitrogens with one attached hydrogen (secondary N) is 1. The van der Waals surface area contributed by atoms with Crippen molar-refractivity contribution in [1.29, 1.82) is 0 Å². The summed E-state index contributed by atoms with van der Waals surface area (Å²) < 4.78 is 0. The van der Waals surface area contributed by atoms with Crippen LogP contribution in [0.5, 0.6) is 0 Å². The number of aryl methyl sites for hydroxylation is 2. The number of carboxylic acid groups (broad SMARTS) is 1. The largest absolute Gasteiger partial charge is 0.477 e. The Bertz CT molecular complexity index is 1700. The van der Waals surface area contributed by atoms with E-state index in [4.69, 9.17) is 5.11 Å². The minimum absolute atomic E-state index is 0.0669. The van der Waals surface area contributed by atoms with Gasteiger partial charge in [-0.05, 0) is 70.5 Å². The lowest BCUT2D eigenvalue weighted by Gasteiger charge is -2.18. The third kappa shape index (κ3) is 3.48. The Balaban J connectivity index is 0.000000129. The van der Waals surface area contributed by atoms with Crippen molar-refractivity contribution in [2.45, 2.75) is 25.7 Å². The average Bonchev–Trinajstić information content (AvgIpc) is 3.26. The number of aromatic nitrogens is 2. The maximum atomic E-state index is 10.8. The topological polar surface area (TPSA) is 66.0 Å². The molecular weight excluding hydrogens is 420 g/mol. The standard InChI is InChI=1S/C18H16.C12H8N2O2/c1-3-7-15-13(5-1)9-11-18-16-8-4-2-6-14(16)10-12-17(15)18;15-12(16)10-5-8-7-3-1-2-4-9(7)14-11(8)6-13-10/h1,3,5,7,9-12H,2,4,6,8H2;1-6,14H,(H,15,16). The molecule has 6 aromatic rings. The fourth-order valence-electron chi connectivity index (χ4n) is 5.21. The number of hydrogen-bond acceptors (Lipinski definition) is 2. The second kappa shape index (κ2) is 8.31. The molecule has 0 bridgehead atoms. The van der Waals surface area contributed by atoms with Gasteiger partial charge in [0.05, 0.1) is 11.7 Å². The van der Waals surface area contributed by atoms with Crippen molar-refractivity contribution in [3.63, 3.8) is 0 Å². The summed E-state index contributed by atoms with van der Waals surface area (Å²) >= 11 is 0.